The Morgan fingerprint density at radius 3 is 2.28 bits per heavy atom. The Bertz CT molecular complexity index is 1180. The first-order chi connectivity index (χ1) is 12.3. The van der Waals surface area contributed by atoms with Gasteiger partial charge in [-0.2, -0.15) is 0 Å². The van der Waals surface area contributed by atoms with Crippen molar-refractivity contribution in [3.63, 3.8) is 0 Å². The topological polar surface area (TPSA) is 17.3 Å². The van der Waals surface area contributed by atoms with Gasteiger partial charge in [-0.3, -0.25) is 4.98 Å². The van der Waals surface area contributed by atoms with Gasteiger partial charge < -0.3 is 4.40 Å². The number of aryl methyl sites for hydroxylation is 1. The lowest BCUT2D eigenvalue weighted by molar-refractivity contribution is 1.14. The van der Waals surface area contributed by atoms with E-state index in [9.17, 15) is 0 Å². The minimum absolute atomic E-state index is 1.05. The van der Waals surface area contributed by atoms with Gasteiger partial charge in [0.25, 0.3) is 0 Å². The van der Waals surface area contributed by atoms with Crippen molar-refractivity contribution in [2.24, 2.45) is 0 Å². The molecule has 3 heterocycles. The van der Waals surface area contributed by atoms with Crippen LogP contribution in [-0.4, -0.2) is 9.38 Å². The molecule has 0 fully saturated rings. The van der Waals surface area contributed by atoms with Crippen molar-refractivity contribution in [1.29, 1.82) is 0 Å². The van der Waals surface area contributed by atoms with Crippen LogP contribution in [0.5, 0.6) is 0 Å². The van der Waals surface area contributed by atoms with Gasteiger partial charge in [-0.15, -0.1) is 11.3 Å². The van der Waals surface area contributed by atoms with Crippen LogP contribution in [0.4, 0.5) is 0 Å². The lowest BCUT2D eigenvalue weighted by atomic mass is 10.0. The summed E-state index contributed by atoms with van der Waals surface area (Å²) in [5.74, 6) is 0. The van der Waals surface area contributed by atoms with Crippen molar-refractivity contribution in [2.45, 2.75) is 6.92 Å². The summed E-state index contributed by atoms with van der Waals surface area (Å²) in [6, 6.07) is 21.0. The maximum atomic E-state index is 4.85. The van der Waals surface area contributed by atoms with Gasteiger partial charge in [0.2, 0.25) is 0 Å². The van der Waals surface area contributed by atoms with Crippen LogP contribution in [0.2, 0.25) is 0 Å². The molecule has 120 valence electrons. The highest BCUT2D eigenvalue weighted by molar-refractivity contribution is 7.16. The van der Waals surface area contributed by atoms with Crippen molar-refractivity contribution in [1.82, 2.24) is 9.38 Å². The van der Waals surface area contributed by atoms with Crippen LogP contribution in [0.25, 0.3) is 38.0 Å². The number of hydrogen-bond donors (Lipinski definition) is 0. The van der Waals surface area contributed by atoms with Crippen LogP contribution in [0.15, 0.2) is 78.4 Å². The van der Waals surface area contributed by atoms with Gasteiger partial charge in [-0.25, -0.2) is 0 Å². The smallest absolute Gasteiger partial charge is 0.108 e. The summed E-state index contributed by atoms with van der Waals surface area (Å²) < 4.78 is 2.29. The molecular formula is C22H16N2S. The third-order valence-electron chi connectivity index (χ3n) is 4.66. The van der Waals surface area contributed by atoms with E-state index in [-0.39, 0.29) is 0 Å². The molecule has 0 N–H and O–H groups in total. The summed E-state index contributed by atoms with van der Waals surface area (Å²) in [5.41, 5.74) is 5.86. The molecule has 0 radical (unpaired) electrons. The highest BCUT2D eigenvalue weighted by Crippen LogP contribution is 2.39. The van der Waals surface area contributed by atoms with Crippen molar-refractivity contribution >= 4 is 26.9 Å². The standard InChI is InChI=1S/C22H16N2S/c1-15-14-25-22-20-18(16-8-4-2-5-9-16)12-23-21(19(20)13-24(15)22)17-10-6-3-7-11-17/h2-14H,1H3. The van der Waals surface area contributed by atoms with Crippen LogP contribution in [-0.2, 0) is 0 Å². The summed E-state index contributed by atoms with van der Waals surface area (Å²) in [4.78, 5) is 6.13. The van der Waals surface area contributed by atoms with E-state index in [1.165, 1.54) is 32.4 Å². The first-order valence-corrected chi connectivity index (χ1v) is 9.19. The molecule has 0 bridgehead atoms. The van der Waals surface area contributed by atoms with E-state index in [1.807, 2.05) is 12.3 Å². The van der Waals surface area contributed by atoms with E-state index < -0.39 is 0 Å². The SMILES string of the molecule is Cc1csc2c3c(-c4ccccc4)cnc(-c4ccccc4)c3cn12. The fraction of sp³-hybridized carbons (Fsp3) is 0.0455. The van der Waals surface area contributed by atoms with Gasteiger partial charge in [-0.1, -0.05) is 60.7 Å². The fourth-order valence-corrected chi connectivity index (χ4v) is 4.47. The highest BCUT2D eigenvalue weighted by atomic mass is 32.1. The number of nitrogens with zero attached hydrogens (tertiary/aromatic N) is 2. The van der Waals surface area contributed by atoms with Crippen LogP contribution in [0, 0.1) is 6.92 Å². The quantitative estimate of drug-likeness (QED) is 0.374. The zero-order valence-electron chi connectivity index (χ0n) is 13.8. The third-order valence-corrected chi connectivity index (χ3v) is 5.74. The van der Waals surface area contributed by atoms with Gasteiger partial charge in [0, 0.05) is 45.4 Å². The minimum Gasteiger partial charge on any atom is -0.311 e. The van der Waals surface area contributed by atoms with Gasteiger partial charge >= 0.3 is 0 Å². The van der Waals surface area contributed by atoms with E-state index in [0.717, 1.165) is 11.3 Å². The second-order valence-corrected chi connectivity index (χ2v) is 7.08. The Balaban J connectivity index is 1.92. The largest absolute Gasteiger partial charge is 0.311 e. The van der Waals surface area contributed by atoms with Crippen LogP contribution in [0.1, 0.15) is 5.69 Å². The average Bonchev–Trinajstić information content (AvgIpc) is 3.23. The molecule has 0 spiro atoms. The molecule has 2 nitrogen and oxygen atoms in total. The van der Waals surface area contributed by atoms with Crippen molar-refractivity contribution < 1.29 is 0 Å². The third kappa shape index (κ3) is 2.20. The minimum atomic E-state index is 1.05. The highest BCUT2D eigenvalue weighted by Gasteiger charge is 2.17. The molecule has 3 aromatic heterocycles. The predicted octanol–water partition coefficient (Wildman–Crippen LogP) is 6.19. The molecule has 25 heavy (non-hydrogen) atoms. The van der Waals surface area contributed by atoms with E-state index >= 15 is 0 Å². The molecule has 0 aliphatic carbocycles. The Hall–Kier alpha value is -2.91. The van der Waals surface area contributed by atoms with Crippen molar-refractivity contribution in [3.8, 4) is 22.4 Å². The lowest BCUT2D eigenvalue weighted by Gasteiger charge is -2.08. The number of fused-ring (bicyclic) bond motifs is 3. The van der Waals surface area contributed by atoms with E-state index in [0.29, 0.717) is 0 Å². The van der Waals surface area contributed by atoms with E-state index in [2.05, 4.69) is 77.5 Å². The van der Waals surface area contributed by atoms with Crippen LogP contribution in [0.3, 0.4) is 0 Å². The molecule has 5 rings (SSSR count). The molecule has 2 aromatic carbocycles. The van der Waals surface area contributed by atoms with E-state index in [4.69, 9.17) is 4.98 Å². The molecule has 0 amide bonds. The molecule has 0 aliphatic rings. The van der Waals surface area contributed by atoms with Crippen molar-refractivity contribution in [2.75, 3.05) is 0 Å². The number of benzene rings is 2. The summed E-state index contributed by atoms with van der Waals surface area (Å²) in [6.07, 6.45) is 4.26. The summed E-state index contributed by atoms with van der Waals surface area (Å²) in [7, 11) is 0. The molecule has 0 aliphatic heterocycles. The van der Waals surface area contributed by atoms with Gasteiger partial charge in [0.15, 0.2) is 0 Å². The fourth-order valence-electron chi connectivity index (χ4n) is 3.43. The maximum absolute atomic E-state index is 4.85. The van der Waals surface area contributed by atoms with Gasteiger partial charge in [-0.05, 0) is 12.5 Å². The Morgan fingerprint density at radius 1 is 0.880 bits per heavy atom. The normalized spacial score (nSPS) is 11.4. The second-order valence-electron chi connectivity index (χ2n) is 6.22. The number of pyridine rings is 1. The summed E-state index contributed by atoms with van der Waals surface area (Å²) in [5, 5.41) is 4.72. The number of rotatable bonds is 2. The van der Waals surface area contributed by atoms with Gasteiger partial charge in [0.1, 0.15) is 4.83 Å². The van der Waals surface area contributed by atoms with E-state index in [1.54, 1.807) is 11.3 Å². The van der Waals surface area contributed by atoms with Gasteiger partial charge in [0.05, 0.1) is 5.69 Å². The van der Waals surface area contributed by atoms with Crippen molar-refractivity contribution in [3.05, 3.63) is 84.1 Å². The number of hydrogen-bond acceptors (Lipinski definition) is 2. The number of thiazole rings is 1. The predicted molar refractivity (Wildman–Crippen MR) is 106 cm³/mol. The Kier molecular flexibility index (Phi) is 3.22. The second kappa shape index (κ2) is 5.57. The molecule has 0 saturated carbocycles. The maximum Gasteiger partial charge on any atom is 0.108 e. The summed E-state index contributed by atoms with van der Waals surface area (Å²) >= 11 is 1.80. The molecule has 0 saturated heterocycles. The van der Waals surface area contributed by atoms with Crippen LogP contribution < -0.4 is 0 Å². The molecule has 3 heteroatoms. The average molecular weight is 340 g/mol. The summed E-state index contributed by atoms with van der Waals surface area (Å²) in [6.45, 7) is 2.15. The Labute approximate surface area is 150 Å². The molecule has 5 aromatic rings. The zero-order valence-corrected chi connectivity index (χ0v) is 14.6. The molecule has 0 atom stereocenters. The zero-order chi connectivity index (χ0) is 16.8. The number of aromatic nitrogens is 2. The van der Waals surface area contributed by atoms with Crippen LogP contribution >= 0.6 is 11.3 Å². The molecular weight excluding hydrogens is 324 g/mol. The first-order valence-electron chi connectivity index (χ1n) is 8.31. The lowest BCUT2D eigenvalue weighted by Crippen LogP contribution is -1.87. The first kappa shape index (κ1) is 14.4. The molecule has 0 unspecified atom stereocenters. The Morgan fingerprint density at radius 2 is 1.56 bits per heavy atom. The monoisotopic (exact) mass is 340 g/mol.